The lowest BCUT2D eigenvalue weighted by Gasteiger charge is -2.18. The van der Waals surface area contributed by atoms with Gasteiger partial charge in [0.1, 0.15) is 0 Å². The number of nitrogens with one attached hydrogen (secondary N) is 1. The number of aryl methyl sites for hydroxylation is 2. The monoisotopic (exact) mass is 393 g/mol. The van der Waals surface area contributed by atoms with Gasteiger partial charge in [0.2, 0.25) is 17.7 Å². The largest absolute Gasteiger partial charge is 0.475 e. The number of fused-ring (bicyclic) bond motifs is 1. The third kappa shape index (κ3) is 4.26. The fourth-order valence-electron chi connectivity index (χ4n) is 4.07. The zero-order valence-electron chi connectivity index (χ0n) is 17.0. The van der Waals surface area contributed by atoms with Crippen LogP contribution in [0.25, 0.3) is 0 Å². The Labute approximate surface area is 171 Å². The fraction of sp³-hybridized carbons (Fsp3) is 0.435. The molecule has 1 aliphatic heterocycles. The number of aromatic nitrogens is 1. The van der Waals surface area contributed by atoms with Crippen molar-refractivity contribution in [2.75, 3.05) is 11.4 Å². The molecule has 2 heterocycles. The van der Waals surface area contributed by atoms with Crippen LogP contribution in [0, 0.1) is 5.92 Å². The molecule has 1 aromatic carbocycles. The van der Waals surface area contributed by atoms with Crippen LogP contribution < -0.4 is 15.0 Å². The van der Waals surface area contributed by atoms with E-state index in [1.165, 1.54) is 17.5 Å². The maximum Gasteiger partial charge on any atom is 0.227 e. The maximum atomic E-state index is 12.7. The van der Waals surface area contributed by atoms with Crippen molar-refractivity contribution >= 4 is 17.5 Å². The summed E-state index contributed by atoms with van der Waals surface area (Å²) in [5.74, 6) is 0.0848. The highest BCUT2D eigenvalue weighted by atomic mass is 16.5. The highest BCUT2D eigenvalue weighted by Crippen LogP contribution is 2.30. The minimum absolute atomic E-state index is 0.00712. The van der Waals surface area contributed by atoms with Crippen LogP contribution in [0.4, 0.5) is 5.69 Å². The molecule has 1 N–H and O–H groups in total. The van der Waals surface area contributed by atoms with Gasteiger partial charge in [-0.25, -0.2) is 4.98 Å². The molecule has 2 aromatic rings. The third-order valence-corrected chi connectivity index (χ3v) is 5.54. The summed E-state index contributed by atoms with van der Waals surface area (Å²) in [6.07, 6.45) is 5.28. The van der Waals surface area contributed by atoms with Gasteiger partial charge in [-0.15, -0.1) is 0 Å². The average Bonchev–Trinajstić information content (AvgIpc) is 3.32. The molecule has 0 bridgehead atoms. The minimum atomic E-state index is -0.345. The van der Waals surface area contributed by atoms with Crippen molar-refractivity contribution in [2.24, 2.45) is 5.92 Å². The summed E-state index contributed by atoms with van der Waals surface area (Å²) in [6.45, 7) is 4.63. The molecular weight excluding hydrogens is 366 g/mol. The summed E-state index contributed by atoms with van der Waals surface area (Å²) in [6, 6.07) is 9.96. The zero-order chi connectivity index (χ0) is 20.4. The molecular formula is C23H27N3O3. The molecule has 29 heavy (non-hydrogen) atoms. The molecule has 1 aliphatic carbocycles. The van der Waals surface area contributed by atoms with Gasteiger partial charge in [-0.1, -0.05) is 12.1 Å². The van der Waals surface area contributed by atoms with Gasteiger partial charge in [0.25, 0.3) is 0 Å². The van der Waals surface area contributed by atoms with Gasteiger partial charge < -0.3 is 15.0 Å². The highest BCUT2D eigenvalue weighted by Gasteiger charge is 2.35. The Hall–Kier alpha value is -2.89. The summed E-state index contributed by atoms with van der Waals surface area (Å²) in [4.78, 5) is 31.3. The fourth-order valence-corrected chi connectivity index (χ4v) is 4.07. The standard InChI is InChI=1S/C23H27N3O3/c1-15(2)29-23-18(7-4-10-24-23)13-25-22(28)19-12-21(27)26(14-19)20-9-8-16-5-3-6-17(16)11-20/h4,7-11,15,19H,3,5-6,12-14H2,1-2H3,(H,25,28). The summed E-state index contributed by atoms with van der Waals surface area (Å²) < 4.78 is 5.71. The number of hydrogen-bond acceptors (Lipinski definition) is 4. The number of pyridine rings is 1. The Morgan fingerprint density at radius 2 is 2.10 bits per heavy atom. The first-order chi connectivity index (χ1) is 14.0. The smallest absolute Gasteiger partial charge is 0.227 e. The normalized spacial score (nSPS) is 18.2. The molecule has 1 fully saturated rings. The van der Waals surface area contributed by atoms with Crippen LogP contribution in [0.5, 0.6) is 5.88 Å². The van der Waals surface area contributed by atoms with Crippen molar-refractivity contribution in [2.45, 2.75) is 52.2 Å². The Bertz CT molecular complexity index is 925. The number of hydrogen-bond donors (Lipinski definition) is 1. The van der Waals surface area contributed by atoms with Crippen molar-refractivity contribution in [1.29, 1.82) is 0 Å². The lowest BCUT2D eigenvalue weighted by atomic mass is 10.1. The maximum absolute atomic E-state index is 12.7. The molecule has 0 radical (unpaired) electrons. The van der Waals surface area contributed by atoms with Gasteiger partial charge in [-0.05, 0) is 62.4 Å². The molecule has 4 rings (SSSR count). The number of nitrogens with zero attached hydrogens (tertiary/aromatic N) is 2. The van der Waals surface area contributed by atoms with Crippen molar-refractivity contribution in [3.05, 3.63) is 53.2 Å². The Morgan fingerprint density at radius 3 is 2.93 bits per heavy atom. The van der Waals surface area contributed by atoms with Crippen LogP contribution in [0.15, 0.2) is 36.5 Å². The van der Waals surface area contributed by atoms with Crippen LogP contribution in [-0.4, -0.2) is 29.4 Å². The lowest BCUT2D eigenvalue weighted by molar-refractivity contribution is -0.126. The molecule has 0 spiro atoms. The Balaban J connectivity index is 1.39. The molecule has 6 heteroatoms. The second kappa shape index (κ2) is 8.23. The van der Waals surface area contributed by atoms with E-state index in [-0.39, 0.29) is 30.3 Å². The van der Waals surface area contributed by atoms with Crippen molar-refractivity contribution in [3.8, 4) is 5.88 Å². The predicted octanol–water partition coefficient (Wildman–Crippen LogP) is 3.03. The van der Waals surface area contributed by atoms with Gasteiger partial charge in [-0.3, -0.25) is 9.59 Å². The number of carbonyl (C=O) groups excluding carboxylic acids is 2. The average molecular weight is 393 g/mol. The lowest BCUT2D eigenvalue weighted by Crippen LogP contribution is -2.32. The molecule has 6 nitrogen and oxygen atoms in total. The van der Waals surface area contributed by atoms with E-state index in [0.717, 1.165) is 24.1 Å². The summed E-state index contributed by atoms with van der Waals surface area (Å²) in [7, 11) is 0. The van der Waals surface area contributed by atoms with E-state index in [1.54, 1.807) is 11.1 Å². The number of ether oxygens (including phenoxy) is 1. The van der Waals surface area contributed by atoms with Crippen molar-refractivity contribution in [1.82, 2.24) is 10.3 Å². The molecule has 1 aromatic heterocycles. The van der Waals surface area contributed by atoms with Crippen LogP contribution in [0.3, 0.4) is 0 Å². The topological polar surface area (TPSA) is 71.5 Å². The van der Waals surface area contributed by atoms with E-state index in [2.05, 4.69) is 22.4 Å². The molecule has 0 saturated carbocycles. The van der Waals surface area contributed by atoms with Gasteiger partial charge in [0.05, 0.1) is 12.0 Å². The SMILES string of the molecule is CC(C)Oc1ncccc1CNC(=O)C1CC(=O)N(c2ccc3c(c2)CCC3)C1. The van der Waals surface area contributed by atoms with Gasteiger partial charge >= 0.3 is 0 Å². The predicted molar refractivity (Wildman–Crippen MR) is 111 cm³/mol. The van der Waals surface area contributed by atoms with E-state index >= 15 is 0 Å². The first-order valence-electron chi connectivity index (χ1n) is 10.3. The number of benzene rings is 1. The molecule has 1 atom stereocenters. The van der Waals surface area contributed by atoms with Crippen molar-refractivity contribution in [3.63, 3.8) is 0 Å². The van der Waals surface area contributed by atoms with E-state index in [1.807, 2.05) is 32.0 Å². The summed E-state index contributed by atoms with van der Waals surface area (Å²) in [5, 5.41) is 2.95. The van der Waals surface area contributed by atoms with Gasteiger partial charge in [-0.2, -0.15) is 0 Å². The zero-order valence-corrected chi connectivity index (χ0v) is 17.0. The van der Waals surface area contributed by atoms with Crippen LogP contribution in [0.1, 0.15) is 43.4 Å². The Morgan fingerprint density at radius 1 is 1.28 bits per heavy atom. The molecule has 152 valence electrons. The minimum Gasteiger partial charge on any atom is -0.475 e. The van der Waals surface area contributed by atoms with Crippen molar-refractivity contribution < 1.29 is 14.3 Å². The van der Waals surface area contributed by atoms with Crippen LogP contribution in [-0.2, 0) is 29.0 Å². The highest BCUT2D eigenvalue weighted by molar-refractivity contribution is 6.00. The summed E-state index contributed by atoms with van der Waals surface area (Å²) in [5.41, 5.74) is 4.45. The molecule has 1 unspecified atom stereocenters. The van der Waals surface area contributed by atoms with E-state index in [0.29, 0.717) is 19.0 Å². The molecule has 2 amide bonds. The second-order valence-electron chi connectivity index (χ2n) is 8.06. The summed E-state index contributed by atoms with van der Waals surface area (Å²) >= 11 is 0. The van der Waals surface area contributed by atoms with E-state index < -0.39 is 0 Å². The first kappa shape index (κ1) is 19.4. The number of amides is 2. The number of anilines is 1. The number of rotatable bonds is 6. The number of carbonyl (C=O) groups is 2. The quantitative estimate of drug-likeness (QED) is 0.819. The Kier molecular flexibility index (Phi) is 5.51. The second-order valence-corrected chi connectivity index (χ2v) is 8.06. The third-order valence-electron chi connectivity index (χ3n) is 5.54. The van der Waals surface area contributed by atoms with Crippen LogP contribution >= 0.6 is 0 Å². The van der Waals surface area contributed by atoms with Crippen LogP contribution in [0.2, 0.25) is 0 Å². The van der Waals surface area contributed by atoms with Gasteiger partial charge in [0, 0.05) is 37.0 Å². The molecule has 1 saturated heterocycles. The molecule has 2 aliphatic rings. The van der Waals surface area contributed by atoms with Gasteiger partial charge in [0.15, 0.2) is 0 Å². The van der Waals surface area contributed by atoms with E-state index in [4.69, 9.17) is 4.74 Å². The van der Waals surface area contributed by atoms with E-state index in [9.17, 15) is 9.59 Å². The first-order valence-corrected chi connectivity index (χ1v) is 10.3.